The standard InChI is InChI=1S/C16H15F2N3O2/c17-11-6-5-10(9-12(11)18)16(23)21-14-4-2-1-3-13(14)20-15(22)7-8-19/h1-6,9H,7-8,19H2,(H,20,22)(H,21,23). The predicted molar refractivity (Wildman–Crippen MR) is 83.1 cm³/mol. The fourth-order valence-corrected chi connectivity index (χ4v) is 1.88. The van der Waals surface area contributed by atoms with Gasteiger partial charge in [-0.15, -0.1) is 0 Å². The number of nitrogens with one attached hydrogen (secondary N) is 2. The molecule has 2 aromatic carbocycles. The molecule has 5 nitrogen and oxygen atoms in total. The van der Waals surface area contributed by atoms with Crippen molar-refractivity contribution in [3.63, 3.8) is 0 Å². The van der Waals surface area contributed by atoms with Crippen molar-refractivity contribution in [1.82, 2.24) is 0 Å². The van der Waals surface area contributed by atoms with Crippen LogP contribution in [0.4, 0.5) is 20.2 Å². The Balaban J connectivity index is 2.17. The van der Waals surface area contributed by atoms with Crippen molar-refractivity contribution in [3.05, 3.63) is 59.7 Å². The summed E-state index contributed by atoms with van der Waals surface area (Å²) in [6.07, 6.45) is 0.144. The Morgan fingerprint density at radius 1 is 0.957 bits per heavy atom. The first-order valence-corrected chi connectivity index (χ1v) is 6.86. The average molecular weight is 319 g/mol. The third kappa shape index (κ3) is 4.33. The molecule has 0 aliphatic rings. The summed E-state index contributed by atoms with van der Waals surface area (Å²) in [5, 5.41) is 5.17. The molecule has 2 aromatic rings. The van der Waals surface area contributed by atoms with Gasteiger partial charge in [-0.3, -0.25) is 9.59 Å². The lowest BCUT2D eigenvalue weighted by Gasteiger charge is -2.12. The first-order valence-electron chi connectivity index (χ1n) is 6.86. The molecule has 0 fully saturated rings. The van der Waals surface area contributed by atoms with E-state index in [1.54, 1.807) is 24.3 Å². The zero-order chi connectivity index (χ0) is 16.8. The topological polar surface area (TPSA) is 84.2 Å². The van der Waals surface area contributed by atoms with Crippen molar-refractivity contribution < 1.29 is 18.4 Å². The minimum absolute atomic E-state index is 0.0352. The van der Waals surface area contributed by atoms with Gasteiger partial charge in [0.1, 0.15) is 0 Å². The highest BCUT2D eigenvalue weighted by molar-refractivity contribution is 6.07. The lowest BCUT2D eigenvalue weighted by atomic mass is 10.2. The number of amides is 2. The summed E-state index contributed by atoms with van der Waals surface area (Å²) >= 11 is 0. The maximum Gasteiger partial charge on any atom is 0.255 e. The summed E-state index contributed by atoms with van der Waals surface area (Å²) in [5.41, 5.74) is 6.00. The fourth-order valence-electron chi connectivity index (χ4n) is 1.88. The molecule has 23 heavy (non-hydrogen) atoms. The van der Waals surface area contributed by atoms with Crippen LogP contribution in [0.15, 0.2) is 42.5 Å². The van der Waals surface area contributed by atoms with Gasteiger partial charge in [0.15, 0.2) is 11.6 Å². The number of rotatable bonds is 5. The van der Waals surface area contributed by atoms with Crippen LogP contribution in [0.25, 0.3) is 0 Å². The number of para-hydroxylation sites is 2. The number of halogens is 2. The third-order valence-electron chi connectivity index (χ3n) is 3.00. The Morgan fingerprint density at radius 2 is 1.61 bits per heavy atom. The molecule has 0 heterocycles. The van der Waals surface area contributed by atoms with Gasteiger partial charge in [-0.05, 0) is 30.3 Å². The minimum Gasteiger partial charge on any atom is -0.330 e. The number of anilines is 2. The molecule has 0 unspecified atom stereocenters. The number of hydrogen-bond donors (Lipinski definition) is 3. The van der Waals surface area contributed by atoms with Crippen LogP contribution in [0.2, 0.25) is 0 Å². The number of carbonyl (C=O) groups is 2. The molecule has 0 saturated carbocycles. The number of nitrogens with two attached hydrogens (primary N) is 1. The van der Waals surface area contributed by atoms with Crippen LogP contribution in [0.3, 0.4) is 0 Å². The minimum atomic E-state index is -1.11. The zero-order valence-electron chi connectivity index (χ0n) is 12.1. The van der Waals surface area contributed by atoms with Crippen LogP contribution in [-0.2, 0) is 4.79 Å². The van der Waals surface area contributed by atoms with Crippen molar-refractivity contribution >= 4 is 23.2 Å². The van der Waals surface area contributed by atoms with Crippen LogP contribution < -0.4 is 16.4 Å². The van der Waals surface area contributed by atoms with Crippen molar-refractivity contribution in [3.8, 4) is 0 Å². The van der Waals surface area contributed by atoms with Gasteiger partial charge in [0.05, 0.1) is 11.4 Å². The molecule has 2 rings (SSSR count). The molecule has 0 aliphatic heterocycles. The first kappa shape index (κ1) is 16.6. The maximum atomic E-state index is 13.2. The molecule has 0 atom stereocenters. The van der Waals surface area contributed by atoms with Gasteiger partial charge in [-0.25, -0.2) is 8.78 Å². The van der Waals surface area contributed by atoms with E-state index in [1.165, 1.54) is 6.07 Å². The molecule has 0 aromatic heterocycles. The van der Waals surface area contributed by atoms with Crippen molar-refractivity contribution in [2.45, 2.75) is 6.42 Å². The average Bonchev–Trinajstić information content (AvgIpc) is 2.52. The zero-order valence-corrected chi connectivity index (χ0v) is 12.1. The van der Waals surface area contributed by atoms with Crippen LogP contribution in [-0.4, -0.2) is 18.4 Å². The van der Waals surface area contributed by atoms with E-state index in [1.807, 2.05) is 0 Å². The third-order valence-corrected chi connectivity index (χ3v) is 3.00. The van der Waals surface area contributed by atoms with Gasteiger partial charge in [0.25, 0.3) is 5.91 Å². The first-order chi connectivity index (χ1) is 11.0. The summed E-state index contributed by atoms with van der Waals surface area (Å²) in [6.45, 7) is 0.204. The SMILES string of the molecule is NCCC(=O)Nc1ccccc1NC(=O)c1ccc(F)c(F)c1. The summed E-state index contributed by atoms with van der Waals surface area (Å²) < 4.78 is 26.1. The van der Waals surface area contributed by atoms with Crippen LogP contribution in [0, 0.1) is 11.6 Å². The highest BCUT2D eigenvalue weighted by Crippen LogP contribution is 2.22. The van der Waals surface area contributed by atoms with Gasteiger partial charge in [-0.2, -0.15) is 0 Å². The fraction of sp³-hybridized carbons (Fsp3) is 0.125. The lowest BCUT2D eigenvalue weighted by Crippen LogP contribution is -2.18. The molecule has 0 radical (unpaired) electrons. The quantitative estimate of drug-likeness (QED) is 0.791. The van der Waals surface area contributed by atoms with Crippen molar-refractivity contribution in [1.29, 1.82) is 0 Å². The molecular formula is C16H15F2N3O2. The second kappa shape index (κ2) is 7.46. The van der Waals surface area contributed by atoms with Crippen molar-refractivity contribution in [2.75, 3.05) is 17.2 Å². The Kier molecular flexibility index (Phi) is 5.37. The van der Waals surface area contributed by atoms with Crippen molar-refractivity contribution in [2.24, 2.45) is 5.73 Å². The van der Waals surface area contributed by atoms with Gasteiger partial charge in [-0.1, -0.05) is 12.1 Å². The molecule has 0 bridgehead atoms. The monoisotopic (exact) mass is 319 g/mol. The van der Waals surface area contributed by atoms with Gasteiger partial charge < -0.3 is 16.4 Å². The van der Waals surface area contributed by atoms with E-state index in [0.29, 0.717) is 11.4 Å². The van der Waals surface area contributed by atoms with Crippen LogP contribution in [0.1, 0.15) is 16.8 Å². The van der Waals surface area contributed by atoms with Gasteiger partial charge in [0.2, 0.25) is 5.91 Å². The second-order valence-corrected chi connectivity index (χ2v) is 4.72. The number of benzene rings is 2. The molecule has 0 aliphatic carbocycles. The molecule has 2 amide bonds. The van der Waals surface area contributed by atoms with E-state index in [-0.39, 0.29) is 24.4 Å². The van der Waals surface area contributed by atoms with Crippen LogP contribution >= 0.6 is 0 Å². The number of hydrogen-bond acceptors (Lipinski definition) is 3. The van der Waals surface area contributed by atoms with E-state index in [4.69, 9.17) is 5.73 Å². The van der Waals surface area contributed by atoms with E-state index in [2.05, 4.69) is 10.6 Å². The van der Waals surface area contributed by atoms with E-state index >= 15 is 0 Å². The Morgan fingerprint density at radius 3 is 2.22 bits per heavy atom. The largest absolute Gasteiger partial charge is 0.330 e. The van der Waals surface area contributed by atoms with E-state index < -0.39 is 17.5 Å². The molecule has 7 heteroatoms. The molecule has 4 N–H and O–H groups in total. The summed E-state index contributed by atoms with van der Waals surface area (Å²) in [6, 6.07) is 9.39. The number of carbonyl (C=O) groups excluding carboxylic acids is 2. The Hall–Kier alpha value is -2.80. The predicted octanol–water partition coefficient (Wildman–Crippen LogP) is 2.50. The lowest BCUT2D eigenvalue weighted by molar-refractivity contribution is -0.116. The van der Waals surface area contributed by atoms with E-state index in [0.717, 1.165) is 12.1 Å². The Labute approximate surface area is 131 Å². The summed E-state index contributed by atoms with van der Waals surface area (Å²) in [7, 11) is 0. The highest BCUT2D eigenvalue weighted by Gasteiger charge is 2.12. The van der Waals surface area contributed by atoms with Gasteiger partial charge in [0, 0.05) is 18.5 Å². The normalized spacial score (nSPS) is 10.2. The molecular weight excluding hydrogens is 304 g/mol. The summed E-state index contributed by atoms with van der Waals surface area (Å²) in [5.74, 6) is -3.05. The van der Waals surface area contributed by atoms with Gasteiger partial charge >= 0.3 is 0 Å². The summed E-state index contributed by atoms with van der Waals surface area (Å²) in [4.78, 5) is 23.7. The smallest absolute Gasteiger partial charge is 0.255 e. The maximum absolute atomic E-state index is 13.2. The Bertz CT molecular complexity index is 735. The van der Waals surface area contributed by atoms with E-state index in [9.17, 15) is 18.4 Å². The van der Waals surface area contributed by atoms with Crippen LogP contribution in [0.5, 0.6) is 0 Å². The molecule has 120 valence electrons. The molecule has 0 spiro atoms. The highest BCUT2D eigenvalue weighted by atomic mass is 19.2. The molecule has 0 saturated heterocycles. The second-order valence-electron chi connectivity index (χ2n) is 4.72.